The summed E-state index contributed by atoms with van der Waals surface area (Å²) in [5.74, 6) is 0.713. The second-order valence-electron chi connectivity index (χ2n) is 4.61. The van der Waals surface area contributed by atoms with E-state index in [4.69, 9.17) is 0 Å². The molecule has 0 heterocycles. The highest BCUT2D eigenvalue weighted by atomic mass is 14.3. The third-order valence-electron chi connectivity index (χ3n) is 3.35. The summed E-state index contributed by atoms with van der Waals surface area (Å²) in [7, 11) is 0. The Bertz CT molecular complexity index is 155. The molecule has 0 bridgehead atoms. The zero-order valence-electron chi connectivity index (χ0n) is 10.2. The van der Waals surface area contributed by atoms with Crippen LogP contribution in [0.2, 0.25) is 0 Å². The highest BCUT2D eigenvalue weighted by Gasteiger charge is 2.30. The van der Waals surface area contributed by atoms with Gasteiger partial charge in [-0.25, -0.2) is 0 Å². The molecule has 82 valence electrons. The van der Waals surface area contributed by atoms with Gasteiger partial charge >= 0.3 is 0 Å². The summed E-state index contributed by atoms with van der Waals surface area (Å²) in [6, 6.07) is 0. The number of unbranched alkanes of at least 4 members (excludes halogenated alkanes) is 1. The van der Waals surface area contributed by atoms with Gasteiger partial charge in [-0.2, -0.15) is 0 Å². The number of rotatable bonds is 8. The molecule has 0 aromatic rings. The van der Waals surface area contributed by atoms with Crippen molar-refractivity contribution in [3.63, 3.8) is 0 Å². The molecule has 0 unspecified atom stereocenters. The summed E-state index contributed by atoms with van der Waals surface area (Å²) in [5.41, 5.74) is 0.416. The lowest BCUT2D eigenvalue weighted by Gasteiger charge is -2.36. The molecule has 0 aliphatic carbocycles. The van der Waals surface area contributed by atoms with Crippen LogP contribution in [0.4, 0.5) is 0 Å². The van der Waals surface area contributed by atoms with E-state index in [1.165, 1.54) is 19.3 Å². The van der Waals surface area contributed by atoms with Crippen LogP contribution in [0, 0.1) is 11.3 Å². The minimum Gasteiger partial charge on any atom is -0.103 e. The van der Waals surface area contributed by atoms with Gasteiger partial charge in [0.05, 0.1) is 0 Å². The summed E-state index contributed by atoms with van der Waals surface area (Å²) in [6.07, 6.45) is 10.3. The number of hydrogen-bond donors (Lipinski definition) is 0. The van der Waals surface area contributed by atoms with E-state index in [0.717, 1.165) is 12.8 Å². The lowest BCUT2D eigenvalue weighted by molar-refractivity contribution is 0.171. The first-order valence-electron chi connectivity index (χ1n) is 5.84. The average Bonchev–Trinajstić information content (AvgIpc) is 2.14. The van der Waals surface area contributed by atoms with Crippen molar-refractivity contribution >= 4 is 0 Å². The van der Waals surface area contributed by atoms with Gasteiger partial charge in [0.1, 0.15) is 0 Å². The van der Waals surface area contributed by atoms with Gasteiger partial charge in [0.25, 0.3) is 0 Å². The summed E-state index contributed by atoms with van der Waals surface area (Å²) in [4.78, 5) is 0. The summed E-state index contributed by atoms with van der Waals surface area (Å²) >= 11 is 0. The molecular formula is C14H26. The van der Waals surface area contributed by atoms with Crippen molar-refractivity contribution < 1.29 is 0 Å². The van der Waals surface area contributed by atoms with Crippen molar-refractivity contribution in [1.82, 2.24) is 0 Å². The van der Waals surface area contributed by atoms with Gasteiger partial charge in [-0.3, -0.25) is 0 Å². The summed E-state index contributed by atoms with van der Waals surface area (Å²) < 4.78 is 0. The number of hydrogen-bond acceptors (Lipinski definition) is 0. The normalized spacial score (nSPS) is 11.7. The van der Waals surface area contributed by atoms with Gasteiger partial charge in [0, 0.05) is 0 Å². The van der Waals surface area contributed by atoms with E-state index in [1.807, 2.05) is 0 Å². The zero-order valence-corrected chi connectivity index (χ0v) is 10.2. The predicted octanol–water partition coefficient (Wildman–Crippen LogP) is 4.97. The second kappa shape index (κ2) is 6.86. The molecule has 0 atom stereocenters. The predicted molar refractivity (Wildman–Crippen MR) is 66.4 cm³/mol. The van der Waals surface area contributed by atoms with Crippen molar-refractivity contribution in [2.24, 2.45) is 11.3 Å². The molecule has 0 rings (SSSR count). The fourth-order valence-electron chi connectivity index (χ4n) is 2.15. The summed E-state index contributed by atoms with van der Waals surface area (Å²) in [5, 5.41) is 0. The Morgan fingerprint density at radius 1 is 1.14 bits per heavy atom. The third kappa shape index (κ3) is 3.69. The smallest absolute Gasteiger partial charge is 0.0206 e. The van der Waals surface area contributed by atoms with Gasteiger partial charge < -0.3 is 0 Å². The van der Waals surface area contributed by atoms with Gasteiger partial charge in [-0.1, -0.05) is 45.8 Å². The average molecular weight is 194 g/mol. The van der Waals surface area contributed by atoms with E-state index in [0.29, 0.717) is 11.3 Å². The van der Waals surface area contributed by atoms with Gasteiger partial charge in [0.2, 0.25) is 0 Å². The Morgan fingerprint density at radius 2 is 1.64 bits per heavy atom. The fraction of sp³-hybridized carbons (Fsp3) is 0.714. The fourth-order valence-corrected chi connectivity index (χ4v) is 2.15. The lowest BCUT2D eigenvalue weighted by atomic mass is 9.69. The zero-order chi connectivity index (χ0) is 11.0. The lowest BCUT2D eigenvalue weighted by Crippen LogP contribution is -2.26. The molecule has 0 N–H and O–H groups in total. The van der Waals surface area contributed by atoms with E-state index in [2.05, 4.69) is 46.1 Å². The molecule has 14 heavy (non-hydrogen) atoms. The Morgan fingerprint density at radius 3 is 1.93 bits per heavy atom. The van der Waals surface area contributed by atoms with Crippen molar-refractivity contribution in [2.45, 2.75) is 52.9 Å². The van der Waals surface area contributed by atoms with E-state index < -0.39 is 0 Å². The Kier molecular flexibility index (Phi) is 6.61. The van der Waals surface area contributed by atoms with Crippen LogP contribution in [0.15, 0.2) is 25.3 Å². The topological polar surface area (TPSA) is 0 Å². The van der Waals surface area contributed by atoms with Crippen LogP contribution in [-0.2, 0) is 0 Å². The monoisotopic (exact) mass is 194 g/mol. The van der Waals surface area contributed by atoms with Crippen molar-refractivity contribution in [3.05, 3.63) is 25.3 Å². The molecule has 0 aliphatic heterocycles. The molecule has 0 saturated heterocycles. The molecule has 0 amide bonds. The van der Waals surface area contributed by atoms with Crippen molar-refractivity contribution in [3.8, 4) is 0 Å². The SMILES string of the molecule is C=CCC(CC=C)(CCCC)C(C)C. The maximum atomic E-state index is 3.88. The Labute approximate surface area is 90.1 Å². The van der Waals surface area contributed by atoms with Crippen LogP contribution < -0.4 is 0 Å². The second-order valence-corrected chi connectivity index (χ2v) is 4.61. The van der Waals surface area contributed by atoms with E-state index >= 15 is 0 Å². The molecule has 0 saturated carbocycles. The van der Waals surface area contributed by atoms with Crippen LogP contribution in [0.5, 0.6) is 0 Å². The van der Waals surface area contributed by atoms with Crippen molar-refractivity contribution in [1.29, 1.82) is 0 Å². The third-order valence-corrected chi connectivity index (χ3v) is 3.35. The molecule has 0 spiro atoms. The maximum Gasteiger partial charge on any atom is -0.0206 e. The molecule has 0 aliphatic rings. The van der Waals surface area contributed by atoms with Crippen LogP contribution in [0.25, 0.3) is 0 Å². The molecule has 0 fully saturated rings. The Hall–Kier alpha value is -0.520. The minimum atomic E-state index is 0.416. The molecule has 0 radical (unpaired) electrons. The first-order valence-corrected chi connectivity index (χ1v) is 5.84. The highest BCUT2D eigenvalue weighted by Crippen LogP contribution is 2.40. The van der Waals surface area contributed by atoms with Crippen LogP contribution in [0.1, 0.15) is 52.9 Å². The first kappa shape index (κ1) is 13.5. The van der Waals surface area contributed by atoms with E-state index in [-0.39, 0.29) is 0 Å². The largest absolute Gasteiger partial charge is 0.103 e. The molecule has 0 aromatic carbocycles. The first-order chi connectivity index (χ1) is 6.63. The molecule has 0 heteroatoms. The standard InChI is InChI=1S/C14H26/c1-6-9-12-14(10-7-2,11-8-3)13(4)5/h7-8,13H,2-3,6,9-12H2,1,4-5H3. The van der Waals surface area contributed by atoms with E-state index in [9.17, 15) is 0 Å². The van der Waals surface area contributed by atoms with Gasteiger partial charge in [-0.05, 0) is 30.6 Å². The minimum absolute atomic E-state index is 0.416. The van der Waals surface area contributed by atoms with Crippen LogP contribution >= 0.6 is 0 Å². The molecule has 0 nitrogen and oxygen atoms in total. The van der Waals surface area contributed by atoms with E-state index in [1.54, 1.807) is 0 Å². The quantitative estimate of drug-likeness (QED) is 0.478. The number of allylic oxidation sites excluding steroid dienone is 2. The van der Waals surface area contributed by atoms with Crippen LogP contribution in [-0.4, -0.2) is 0 Å². The molecule has 0 aromatic heterocycles. The van der Waals surface area contributed by atoms with Gasteiger partial charge in [-0.15, -0.1) is 13.2 Å². The maximum absolute atomic E-state index is 3.88. The summed E-state index contributed by atoms with van der Waals surface area (Å²) in [6.45, 7) is 14.7. The highest BCUT2D eigenvalue weighted by molar-refractivity contribution is 4.93. The molecular weight excluding hydrogens is 168 g/mol. The van der Waals surface area contributed by atoms with Crippen molar-refractivity contribution in [2.75, 3.05) is 0 Å². The van der Waals surface area contributed by atoms with Gasteiger partial charge in [0.15, 0.2) is 0 Å². The van der Waals surface area contributed by atoms with Crippen LogP contribution in [0.3, 0.4) is 0 Å². The Balaban J connectivity index is 4.53.